The van der Waals surface area contributed by atoms with Crippen LogP contribution >= 0.6 is 23.2 Å². The molecule has 0 aliphatic heterocycles. The van der Waals surface area contributed by atoms with E-state index in [9.17, 15) is 9.59 Å². The van der Waals surface area contributed by atoms with Crippen LogP contribution in [-0.2, 0) is 11.3 Å². The zero-order valence-electron chi connectivity index (χ0n) is 22.5. The minimum Gasteiger partial charge on any atom is -0.479 e. The maximum Gasteiger partial charge on any atom is 0.337 e. The number of carbonyl (C=O) groups excluding carboxylic acids is 2. The summed E-state index contributed by atoms with van der Waals surface area (Å²) in [6.45, 7) is 4.03. The molecule has 0 spiro atoms. The van der Waals surface area contributed by atoms with Crippen molar-refractivity contribution in [2.75, 3.05) is 26.2 Å². The first-order chi connectivity index (χ1) is 19.2. The van der Waals surface area contributed by atoms with Crippen molar-refractivity contribution in [3.8, 4) is 23.0 Å². The SMILES string of the molecule is COC(=O)c1ccc(C(=O)N(C)c2ccc(OCc3c(-c4c(Cl)cccc4Cl)noc3C(C)C)nc2OC)cc1. The number of pyridine rings is 1. The lowest BCUT2D eigenvalue weighted by Gasteiger charge is -2.20. The van der Waals surface area contributed by atoms with Crippen molar-refractivity contribution in [3.63, 3.8) is 0 Å². The van der Waals surface area contributed by atoms with Crippen molar-refractivity contribution in [3.05, 3.63) is 87.1 Å². The summed E-state index contributed by atoms with van der Waals surface area (Å²) in [7, 11) is 4.35. The van der Waals surface area contributed by atoms with E-state index >= 15 is 0 Å². The Balaban J connectivity index is 1.57. The van der Waals surface area contributed by atoms with Crippen molar-refractivity contribution in [1.82, 2.24) is 10.1 Å². The fourth-order valence-electron chi connectivity index (χ4n) is 4.05. The number of halogens is 2. The van der Waals surface area contributed by atoms with Crippen molar-refractivity contribution < 1.29 is 28.3 Å². The molecule has 40 heavy (non-hydrogen) atoms. The summed E-state index contributed by atoms with van der Waals surface area (Å²) in [6, 6.07) is 14.7. The molecule has 0 aliphatic rings. The summed E-state index contributed by atoms with van der Waals surface area (Å²) in [5.74, 6) is 0.296. The molecule has 4 rings (SSSR count). The molecule has 0 atom stereocenters. The van der Waals surface area contributed by atoms with Gasteiger partial charge in [-0.05, 0) is 42.5 Å². The lowest BCUT2D eigenvalue weighted by atomic mass is 10.0. The van der Waals surface area contributed by atoms with Gasteiger partial charge in [0.25, 0.3) is 5.91 Å². The van der Waals surface area contributed by atoms with Gasteiger partial charge in [0.1, 0.15) is 23.7 Å². The zero-order valence-corrected chi connectivity index (χ0v) is 24.0. The number of hydrogen-bond acceptors (Lipinski definition) is 8. The second-order valence-electron chi connectivity index (χ2n) is 9.03. The van der Waals surface area contributed by atoms with Crippen LogP contribution in [-0.4, -0.2) is 43.3 Å². The van der Waals surface area contributed by atoms with E-state index in [2.05, 4.69) is 10.1 Å². The highest BCUT2D eigenvalue weighted by Crippen LogP contribution is 2.39. The number of esters is 1. The molecule has 2 heterocycles. The standard InChI is InChI=1S/C29H27Cl2N3O6/c1-16(2)26-19(25(33-40-26)24-20(30)7-6-8-21(24)31)15-39-23-14-13-22(27(32-23)37-4)34(3)28(35)17-9-11-18(12-10-17)29(36)38-5/h6-14,16H,15H2,1-5H3. The maximum atomic E-state index is 13.1. The molecule has 0 saturated heterocycles. The molecule has 2 aromatic carbocycles. The van der Waals surface area contributed by atoms with Crippen LogP contribution in [0.5, 0.6) is 11.8 Å². The van der Waals surface area contributed by atoms with Crippen LogP contribution in [0.15, 0.2) is 59.1 Å². The van der Waals surface area contributed by atoms with Gasteiger partial charge in [-0.15, -0.1) is 0 Å². The molecule has 0 radical (unpaired) electrons. The molecule has 0 N–H and O–H groups in total. The summed E-state index contributed by atoms with van der Waals surface area (Å²) >= 11 is 12.9. The Hall–Kier alpha value is -4.08. The predicted molar refractivity (Wildman–Crippen MR) is 152 cm³/mol. The van der Waals surface area contributed by atoms with Crippen LogP contribution in [0, 0.1) is 0 Å². The van der Waals surface area contributed by atoms with Crippen LogP contribution in [0.4, 0.5) is 5.69 Å². The van der Waals surface area contributed by atoms with E-state index in [-0.39, 0.29) is 30.2 Å². The highest BCUT2D eigenvalue weighted by molar-refractivity contribution is 6.39. The van der Waals surface area contributed by atoms with E-state index in [1.54, 1.807) is 49.5 Å². The second-order valence-corrected chi connectivity index (χ2v) is 9.84. The minimum absolute atomic E-state index is 0.0207. The fraction of sp³-hybridized carbons (Fsp3) is 0.241. The minimum atomic E-state index is -0.484. The number of anilines is 1. The molecular weight excluding hydrogens is 557 g/mol. The number of amides is 1. The Morgan fingerprint density at radius 2 is 1.62 bits per heavy atom. The van der Waals surface area contributed by atoms with Gasteiger partial charge in [-0.1, -0.05) is 48.3 Å². The molecule has 0 fully saturated rings. The predicted octanol–water partition coefficient (Wildman–Crippen LogP) is 6.82. The summed E-state index contributed by atoms with van der Waals surface area (Å²) in [5, 5.41) is 5.12. The smallest absolute Gasteiger partial charge is 0.337 e. The number of hydrogen-bond donors (Lipinski definition) is 0. The lowest BCUT2D eigenvalue weighted by Crippen LogP contribution is -2.27. The van der Waals surface area contributed by atoms with E-state index < -0.39 is 5.97 Å². The van der Waals surface area contributed by atoms with Crippen LogP contribution in [0.25, 0.3) is 11.3 Å². The third kappa shape index (κ3) is 5.90. The van der Waals surface area contributed by atoms with E-state index in [1.165, 1.54) is 31.3 Å². The third-order valence-electron chi connectivity index (χ3n) is 6.13. The average Bonchev–Trinajstić information content (AvgIpc) is 3.38. The molecule has 2 aromatic heterocycles. The van der Waals surface area contributed by atoms with Crippen LogP contribution in [0.3, 0.4) is 0 Å². The van der Waals surface area contributed by atoms with Gasteiger partial charge in [-0.25, -0.2) is 4.79 Å². The van der Waals surface area contributed by atoms with Crippen molar-refractivity contribution >= 4 is 40.8 Å². The van der Waals surface area contributed by atoms with Gasteiger partial charge in [0.2, 0.25) is 11.8 Å². The second kappa shape index (κ2) is 12.4. The molecular formula is C29H27Cl2N3O6. The molecule has 0 saturated carbocycles. The molecule has 1 amide bonds. The summed E-state index contributed by atoms with van der Waals surface area (Å²) in [5.41, 5.74) is 2.88. The van der Waals surface area contributed by atoms with E-state index in [4.69, 9.17) is 41.9 Å². The van der Waals surface area contributed by atoms with E-state index in [0.29, 0.717) is 49.4 Å². The number of carbonyl (C=O) groups is 2. The number of benzene rings is 2. The van der Waals surface area contributed by atoms with Crippen LogP contribution in [0.1, 0.15) is 51.8 Å². The van der Waals surface area contributed by atoms with Gasteiger partial charge in [0, 0.05) is 30.2 Å². The highest BCUT2D eigenvalue weighted by Gasteiger charge is 2.25. The number of ether oxygens (including phenoxy) is 3. The van der Waals surface area contributed by atoms with Gasteiger partial charge < -0.3 is 23.6 Å². The molecule has 4 aromatic rings. The van der Waals surface area contributed by atoms with E-state index in [0.717, 1.165) is 0 Å². The molecule has 208 valence electrons. The fourth-order valence-corrected chi connectivity index (χ4v) is 4.63. The quantitative estimate of drug-likeness (QED) is 0.198. The van der Waals surface area contributed by atoms with Gasteiger partial charge in [0.15, 0.2) is 0 Å². The van der Waals surface area contributed by atoms with Gasteiger partial charge in [0.05, 0.1) is 35.4 Å². The number of nitrogens with zero attached hydrogens (tertiary/aromatic N) is 3. The van der Waals surface area contributed by atoms with E-state index in [1.807, 2.05) is 13.8 Å². The third-order valence-corrected chi connectivity index (χ3v) is 6.76. The van der Waals surface area contributed by atoms with Gasteiger partial charge in [-0.3, -0.25) is 4.79 Å². The first kappa shape index (κ1) is 28.9. The largest absolute Gasteiger partial charge is 0.479 e. The molecule has 11 heteroatoms. The topological polar surface area (TPSA) is 104 Å². The highest BCUT2D eigenvalue weighted by atomic mass is 35.5. The Labute approximate surface area is 241 Å². The Kier molecular flexibility index (Phi) is 8.96. The Bertz CT molecular complexity index is 1520. The zero-order chi connectivity index (χ0) is 29.0. The summed E-state index contributed by atoms with van der Waals surface area (Å²) < 4.78 is 21.8. The number of rotatable bonds is 9. The Morgan fingerprint density at radius 3 is 2.23 bits per heavy atom. The monoisotopic (exact) mass is 583 g/mol. The summed E-state index contributed by atoms with van der Waals surface area (Å²) in [4.78, 5) is 30.7. The number of methoxy groups -OCH3 is 2. The number of aromatic nitrogens is 2. The first-order valence-corrected chi connectivity index (χ1v) is 13.0. The summed E-state index contributed by atoms with van der Waals surface area (Å²) in [6.07, 6.45) is 0. The molecule has 0 unspecified atom stereocenters. The average molecular weight is 584 g/mol. The molecule has 0 bridgehead atoms. The van der Waals surface area contributed by atoms with Crippen molar-refractivity contribution in [2.45, 2.75) is 26.4 Å². The maximum absolute atomic E-state index is 13.1. The molecule has 0 aliphatic carbocycles. The molecule has 9 nitrogen and oxygen atoms in total. The lowest BCUT2D eigenvalue weighted by molar-refractivity contribution is 0.0600. The van der Waals surface area contributed by atoms with Crippen molar-refractivity contribution in [1.29, 1.82) is 0 Å². The van der Waals surface area contributed by atoms with Gasteiger partial charge >= 0.3 is 5.97 Å². The van der Waals surface area contributed by atoms with Crippen molar-refractivity contribution in [2.24, 2.45) is 0 Å². The van der Waals surface area contributed by atoms with Crippen LogP contribution < -0.4 is 14.4 Å². The van der Waals surface area contributed by atoms with Crippen LogP contribution in [0.2, 0.25) is 10.0 Å². The first-order valence-electron chi connectivity index (χ1n) is 12.2. The van der Waals surface area contributed by atoms with Gasteiger partial charge in [-0.2, -0.15) is 4.98 Å². The normalized spacial score (nSPS) is 10.9. The Morgan fingerprint density at radius 1 is 0.975 bits per heavy atom.